The highest BCUT2D eigenvalue weighted by atomic mass is 32.2. The van der Waals surface area contributed by atoms with E-state index in [9.17, 15) is 4.79 Å². The number of benzene rings is 1. The van der Waals surface area contributed by atoms with Gasteiger partial charge in [0, 0.05) is 23.5 Å². The third-order valence-electron chi connectivity index (χ3n) is 5.48. The first-order valence-corrected chi connectivity index (χ1v) is 10.9. The van der Waals surface area contributed by atoms with Gasteiger partial charge in [-0.2, -0.15) is 0 Å². The van der Waals surface area contributed by atoms with Crippen LogP contribution in [0.5, 0.6) is 0 Å². The predicted molar refractivity (Wildman–Crippen MR) is 106 cm³/mol. The highest BCUT2D eigenvalue weighted by Crippen LogP contribution is 2.26. The Morgan fingerprint density at radius 2 is 1.84 bits per heavy atom. The molecule has 3 rings (SSSR count). The van der Waals surface area contributed by atoms with Crippen LogP contribution in [0, 0.1) is 0 Å². The number of para-hydroxylation sites is 1. The summed E-state index contributed by atoms with van der Waals surface area (Å²) in [5.41, 5.74) is 0.893. The Morgan fingerprint density at radius 3 is 2.60 bits per heavy atom. The van der Waals surface area contributed by atoms with Gasteiger partial charge in [-0.25, -0.2) is 4.79 Å². The molecular formula is C20H31N3OS. The second-order valence-corrected chi connectivity index (χ2v) is 8.13. The van der Waals surface area contributed by atoms with Gasteiger partial charge in [0.1, 0.15) is 0 Å². The fourth-order valence-electron chi connectivity index (χ4n) is 4.17. The molecule has 1 atom stereocenters. The second kappa shape index (κ2) is 9.48. The molecule has 1 aromatic rings. The van der Waals surface area contributed by atoms with Gasteiger partial charge in [0.05, 0.1) is 5.69 Å². The molecule has 1 aliphatic carbocycles. The van der Waals surface area contributed by atoms with E-state index >= 15 is 0 Å². The van der Waals surface area contributed by atoms with Crippen molar-refractivity contribution in [3.05, 3.63) is 24.3 Å². The van der Waals surface area contributed by atoms with E-state index in [0.717, 1.165) is 29.6 Å². The summed E-state index contributed by atoms with van der Waals surface area (Å²) in [5, 5.41) is 6.23. The topological polar surface area (TPSA) is 44.4 Å². The van der Waals surface area contributed by atoms with Gasteiger partial charge < -0.3 is 10.6 Å². The number of hydrogen-bond acceptors (Lipinski definition) is 3. The van der Waals surface area contributed by atoms with Gasteiger partial charge in [0.25, 0.3) is 0 Å². The minimum absolute atomic E-state index is 0.0748. The van der Waals surface area contributed by atoms with Crippen molar-refractivity contribution in [1.29, 1.82) is 0 Å². The zero-order valence-electron chi connectivity index (χ0n) is 15.3. The number of carbonyl (C=O) groups excluding carboxylic acids is 1. The number of hydrogen-bond donors (Lipinski definition) is 2. The van der Waals surface area contributed by atoms with E-state index in [1.807, 2.05) is 30.5 Å². The molecule has 1 unspecified atom stereocenters. The number of nitrogens with one attached hydrogen (secondary N) is 2. The minimum atomic E-state index is -0.0748. The molecule has 1 saturated carbocycles. The van der Waals surface area contributed by atoms with E-state index in [0.29, 0.717) is 0 Å². The predicted octanol–water partition coefficient (Wildman–Crippen LogP) is 4.72. The van der Waals surface area contributed by atoms with Gasteiger partial charge >= 0.3 is 6.03 Å². The summed E-state index contributed by atoms with van der Waals surface area (Å²) in [6.45, 7) is 2.20. The molecule has 5 heteroatoms. The van der Waals surface area contributed by atoms with Crippen LogP contribution in [0.4, 0.5) is 10.5 Å². The van der Waals surface area contributed by atoms with E-state index in [-0.39, 0.29) is 12.1 Å². The number of rotatable bonds is 4. The maximum Gasteiger partial charge on any atom is 0.319 e. The summed E-state index contributed by atoms with van der Waals surface area (Å²) >= 11 is 1.65. The monoisotopic (exact) mass is 361 g/mol. The smallest absolute Gasteiger partial charge is 0.319 e. The van der Waals surface area contributed by atoms with Crippen molar-refractivity contribution < 1.29 is 4.79 Å². The molecule has 1 aliphatic heterocycles. The molecule has 25 heavy (non-hydrogen) atoms. The molecule has 2 fully saturated rings. The number of carbonyl (C=O) groups is 1. The molecule has 2 N–H and O–H groups in total. The van der Waals surface area contributed by atoms with Crippen molar-refractivity contribution in [2.75, 3.05) is 24.7 Å². The molecule has 2 aliphatic rings. The summed E-state index contributed by atoms with van der Waals surface area (Å²) in [6.07, 6.45) is 12.5. The van der Waals surface area contributed by atoms with E-state index in [1.54, 1.807) is 11.8 Å². The summed E-state index contributed by atoms with van der Waals surface area (Å²) in [5.74, 6) is 0. The lowest BCUT2D eigenvalue weighted by Crippen LogP contribution is -2.51. The number of amides is 2. The van der Waals surface area contributed by atoms with Gasteiger partial charge in [-0.3, -0.25) is 4.90 Å². The Kier molecular flexibility index (Phi) is 7.05. The highest BCUT2D eigenvalue weighted by Gasteiger charge is 2.27. The number of nitrogens with zero attached hydrogens (tertiary/aromatic N) is 1. The lowest BCUT2D eigenvalue weighted by Gasteiger charge is -2.38. The molecule has 4 nitrogen and oxygen atoms in total. The Hall–Kier alpha value is -1.20. The summed E-state index contributed by atoms with van der Waals surface area (Å²) in [4.78, 5) is 16.2. The number of anilines is 1. The van der Waals surface area contributed by atoms with Gasteiger partial charge in [0.2, 0.25) is 0 Å². The molecule has 2 amide bonds. The van der Waals surface area contributed by atoms with Crippen molar-refractivity contribution in [1.82, 2.24) is 10.2 Å². The summed E-state index contributed by atoms with van der Waals surface area (Å²) in [6, 6.07) is 8.88. The lowest BCUT2D eigenvalue weighted by atomic mass is 10.00. The van der Waals surface area contributed by atoms with Crippen LogP contribution in [0.25, 0.3) is 0 Å². The van der Waals surface area contributed by atoms with Crippen molar-refractivity contribution in [2.45, 2.75) is 68.3 Å². The van der Waals surface area contributed by atoms with E-state index in [1.165, 1.54) is 51.5 Å². The highest BCUT2D eigenvalue weighted by molar-refractivity contribution is 7.98. The largest absolute Gasteiger partial charge is 0.334 e. The first kappa shape index (κ1) is 18.6. The fraction of sp³-hybridized carbons (Fsp3) is 0.650. The van der Waals surface area contributed by atoms with Crippen LogP contribution >= 0.6 is 11.8 Å². The van der Waals surface area contributed by atoms with E-state index in [4.69, 9.17) is 0 Å². The van der Waals surface area contributed by atoms with Crippen LogP contribution in [0.1, 0.15) is 51.4 Å². The zero-order valence-corrected chi connectivity index (χ0v) is 16.1. The third kappa shape index (κ3) is 5.38. The minimum Gasteiger partial charge on any atom is -0.334 e. The normalized spacial score (nSPS) is 23.0. The standard InChI is InChI=1S/C20H31N3OS/c1-25-19-13-7-6-12-18(19)22-20(24)21-16-9-8-14-23(15-16)17-10-4-2-3-5-11-17/h6-7,12-13,16-17H,2-5,8-11,14-15H2,1H3,(H2,21,22,24). The van der Waals surface area contributed by atoms with E-state index in [2.05, 4.69) is 15.5 Å². The lowest BCUT2D eigenvalue weighted by molar-refractivity contribution is 0.128. The molecule has 1 aromatic carbocycles. The molecule has 0 radical (unpaired) electrons. The SMILES string of the molecule is CSc1ccccc1NC(=O)NC1CCCN(C2CCCCCC2)C1. The molecule has 0 bridgehead atoms. The number of urea groups is 1. The quantitative estimate of drug-likeness (QED) is 0.602. The van der Waals surface area contributed by atoms with E-state index < -0.39 is 0 Å². The average molecular weight is 362 g/mol. The van der Waals surface area contributed by atoms with Crippen molar-refractivity contribution in [2.24, 2.45) is 0 Å². The third-order valence-corrected chi connectivity index (χ3v) is 6.28. The second-order valence-electron chi connectivity index (χ2n) is 7.28. The van der Waals surface area contributed by atoms with Crippen LogP contribution in [-0.2, 0) is 0 Å². The molecular weight excluding hydrogens is 330 g/mol. The Labute approximate surface area is 156 Å². The number of thioether (sulfide) groups is 1. The Balaban J connectivity index is 1.52. The zero-order chi connectivity index (χ0) is 17.5. The van der Waals surface area contributed by atoms with Crippen LogP contribution in [0.2, 0.25) is 0 Å². The summed E-state index contributed by atoms with van der Waals surface area (Å²) < 4.78 is 0. The van der Waals surface area contributed by atoms with Crippen LogP contribution < -0.4 is 10.6 Å². The maximum atomic E-state index is 12.4. The fourth-order valence-corrected chi connectivity index (χ4v) is 4.72. The van der Waals surface area contributed by atoms with Crippen molar-refractivity contribution >= 4 is 23.5 Å². The maximum absolute atomic E-state index is 12.4. The van der Waals surface area contributed by atoms with Crippen molar-refractivity contribution in [3.8, 4) is 0 Å². The molecule has 0 aromatic heterocycles. The van der Waals surface area contributed by atoms with Gasteiger partial charge in [0.15, 0.2) is 0 Å². The van der Waals surface area contributed by atoms with Crippen LogP contribution in [0.3, 0.4) is 0 Å². The Morgan fingerprint density at radius 1 is 1.08 bits per heavy atom. The number of piperidine rings is 1. The average Bonchev–Trinajstić information content (AvgIpc) is 2.92. The van der Waals surface area contributed by atoms with Crippen LogP contribution in [-0.4, -0.2) is 42.4 Å². The molecule has 1 saturated heterocycles. The van der Waals surface area contributed by atoms with Crippen LogP contribution in [0.15, 0.2) is 29.2 Å². The van der Waals surface area contributed by atoms with Crippen molar-refractivity contribution in [3.63, 3.8) is 0 Å². The first-order chi connectivity index (χ1) is 12.3. The molecule has 0 spiro atoms. The molecule has 1 heterocycles. The number of likely N-dealkylation sites (tertiary alicyclic amines) is 1. The van der Waals surface area contributed by atoms with Gasteiger partial charge in [-0.1, -0.05) is 37.8 Å². The van der Waals surface area contributed by atoms with Gasteiger partial charge in [-0.05, 0) is 50.6 Å². The summed E-state index contributed by atoms with van der Waals surface area (Å²) in [7, 11) is 0. The first-order valence-electron chi connectivity index (χ1n) is 9.71. The van der Waals surface area contributed by atoms with Gasteiger partial charge in [-0.15, -0.1) is 11.8 Å². The Bertz CT molecular complexity index is 558. The molecule has 138 valence electrons.